The second-order valence-electron chi connectivity index (χ2n) is 4.85. The highest BCUT2D eigenvalue weighted by molar-refractivity contribution is 5.40. The van der Waals surface area contributed by atoms with Crippen LogP contribution in [0.15, 0.2) is 0 Å². The number of aryl methyl sites for hydroxylation is 1. The van der Waals surface area contributed by atoms with E-state index < -0.39 is 0 Å². The summed E-state index contributed by atoms with van der Waals surface area (Å²) >= 11 is 0. The summed E-state index contributed by atoms with van der Waals surface area (Å²) in [5.41, 5.74) is 7.36. The molecule has 98 valence electrons. The van der Waals surface area contributed by atoms with Crippen LogP contribution >= 0.6 is 0 Å². The molecule has 0 bridgehead atoms. The number of rotatable bonds is 7. The van der Waals surface area contributed by atoms with Crippen molar-refractivity contribution in [1.82, 2.24) is 9.55 Å². The lowest BCUT2D eigenvalue weighted by Gasteiger charge is -2.10. The number of hydrogen-bond acceptors (Lipinski definition) is 2. The summed E-state index contributed by atoms with van der Waals surface area (Å²) in [5.74, 6) is 2.53. The van der Waals surface area contributed by atoms with E-state index in [0.717, 1.165) is 36.7 Å². The Morgan fingerprint density at radius 1 is 1.24 bits per heavy atom. The van der Waals surface area contributed by atoms with Crippen LogP contribution < -0.4 is 5.73 Å². The molecule has 1 atom stereocenters. The summed E-state index contributed by atoms with van der Waals surface area (Å²) in [4.78, 5) is 4.74. The van der Waals surface area contributed by atoms with Gasteiger partial charge in [0.15, 0.2) is 0 Å². The SMILES string of the molecule is CCCCn1c(CC)nc(C(C)CCC)c1N. The van der Waals surface area contributed by atoms with Crippen molar-refractivity contribution in [3.05, 3.63) is 11.5 Å². The predicted octanol–water partition coefficient (Wildman–Crippen LogP) is 3.73. The van der Waals surface area contributed by atoms with Crippen molar-refractivity contribution in [3.63, 3.8) is 0 Å². The van der Waals surface area contributed by atoms with Gasteiger partial charge in [-0.05, 0) is 12.8 Å². The van der Waals surface area contributed by atoms with Gasteiger partial charge in [-0.1, -0.05) is 40.5 Å². The van der Waals surface area contributed by atoms with Gasteiger partial charge >= 0.3 is 0 Å². The monoisotopic (exact) mass is 237 g/mol. The Morgan fingerprint density at radius 2 is 1.94 bits per heavy atom. The van der Waals surface area contributed by atoms with Crippen LogP contribution in [0, 0.1) is 0 Å². The topological polar surface area (TPSA) is 43.8 Å². The Labute approximate surface area is 105 Å². The second-order valence-corrected chi connectivity index (χ2v) is 4.85. The van der Waals surface area contributed by atoms with Crippen molar-refractivity contribution in [2.75, 3.05) is 5.73 Å². The molecule has 3 heteroatoms. The van der Waals surface area contributed by atoms with E-state index in [4.69, 9.17) is 10.7 Å². The zero-order valence-electron chi connectivity index (χ0n) is 11.8. The molecule has 3 nitrogen and oxygen atoms in total. The van der Waals surface area contributed by atoms with Crippen LogP contribution in [-0.2, 0) is 13.0 Å². The van der Waals surface area contributed by atoms with Crippen molar-refractivity contribution in [3.8, 4) is 0 Å². The summed E-state index contributed by atoms with van der Waals surface area (Å²) in [5, 5.41) is 0. The molecule has 0 saturated carbocycles. The third-order valence-electron chi connectivity index (χ3n) is 3.35. The molecule has 0 amide bonds. The first-order valence-corrected chi connectivity index (χ1v) is 7.00. The first-order valence-electron chi connectivity index (χ1n) is 7.00. The molecule has 0 aliphatic rings. The predicted molar refractivity (Wildman–Crippen MR) is 74.2 cm³/mol. The Balaban J connectivity index is 2.96. The van der Waals surface area contributed by atoms with E-state index in [2.05, 4.69) is 32.3 Å². The number of anilines is 1. The average Bonchev–Trinajstić information content (AvgIpc) is 2.64. The van der Waals surface area contributed by atoms with E-state index in [-0.39, 0.29) is 0 Å². The van der Waals surface area contributed by atoms with Crippen molar-refractivity contribution in [1.29, 1.82) is 0 Å². The quantitative estimate of drug-likeness (QED) is 0.785. The Hall–Kier alpha value is -0.990. The van der Waals surface area contributed by atoms with Crippen LogP contribution in [0.2, 0.25) is 0 Å². The lowest BCUT2D eigenvalue weighted by molar-refractivity contribution is 0.611. The molecule has 1 unspecified atom stereocenters. The van der Waals surface area contributed by atoms with Gasteiger partial charge in [-0.3, -0.25) is 0 Å². The molecular weight excluding hydrogens is 210 g/mol. The molecule has 0 spiro atoms. The molecule has 0 aromatic carbocycles. The summed E-state index contributed by atoms with van der Waals surface area (Å²) in [6.45, 7) is 9.81. The van der Waals surface area contributed by atoms with Crippen LogP contribution in [0.25, 0.3) is 0 Å². The Morgan fingerprint density at radius 3 is 2.47 bits per heavy atom. The molecule has 17 heavy (non-hydrogen) atoms. The van der Waals surface area contributed by atoms with Crippen molar-refractivity contribution >= 4 is 5.82 Å². The Bertz CT molecular complexity index is 341. The third kappa shape index (κ3) is 3.24. The smallest absolute Gasteiger partial charge is 0.127 e. The second kappa shape index (κ2) is 6.67. The van der Waals surface area contributed by atoms with E-state index in [1.165, 1.54) is 19.3 Å². The minimum absolute atomic E-state index is 0.480. The van der Waals surface area contributed by atoms with Crippen LogP contribution in [0.1, 0.15) is 70.8 Å². The van der Waals surface area contributed by atoms with Crippen molar-refractivity contribution < 1.29 is 0 Å². The van der Waals surface area contributed by atoms with E-state index in [0.29, 0.717) is 5.92 Å². The molecule has 0 aliphatic heterocycles. The van der Waals surface area contributed by atoms with E-state index in [1.54, 1.807) is 0 Å². The largest absolute Gasteiger partial charge is 0.384 e. The summed E-state index contributed by atoms with van der Waals surface area (Å²) in [6.07, 6.45) is 5.69. The lowest BCUT2D eigenvalue weighted by atomic mass is 10.0. The highest BCUT2D eigenvalue weighted by Crippen LogP contribution is 2.27. The van der Waals surface area contributed by atoms with Crippen LogP contribution in [0.4, 0.5) is 5.82 Å². The molecule has 1 aromatic heterocycles. The van der Waals surface area contributed by atoms with Gasteiger partial charge in [-0.2, -0.15) is 0 Å². The fourth-order valence-corrected chi connectivity index (χ4v) is 2.30. The molecule has 1 heterocycles. The van der Waals surface area contributed by atoms with Gasteiger partial charge in [0, 0.05) is 18.9 Å². The molecule has 0 saturated heterocycles. The first kappa shape index (κ1) is 14.1. The van der Waals surface area contributed by atoms with Crippen LogP contribution in [-0.4, -0.2) is 9.55 Å². The fourth-order valence-electron chi connectivity index (χ4n) is 2.30. The molecule has 1 aromatic rings. The highest BCUT2D eigenvalue weighted by atomic mass is 15.1. The van der Waals surface area contributed by atoms with Crippen molar-refractivity contribution in [2.45, 2.75) is 72.3 Å². The Kier molecular flexibility index (Phi) is 5.52. The zero-order chi connectivity index (χ0) is 12.8. The van der Waals surface area contributed by atoms with Crippen LogP contribution in [0.3, 0.4) is 0 Å². The number of nitrogens with two attached hydrogens (primary N) is 1. The van der Waals surface area contributed by atoms with E-state index in [1.807, 2.05) is 0 Å². The minimum Gasteiger partial charge on any atom is -0.384 e. The number of nitrogen functional groups attached to an aromatic ring is 1. The number of unbranched alkanes of at least 4 members (excludes halogenated alkanes) is 1. The van der Waals surface area contributed by atoms with Crippen molar-refractivity contribution in [2.24, 2.45) is 0 Å². The molecule has 0 aliphatic carbocycles. The zero-order valence-corrected chi connectivity index (χ0v) is 11.8. The molecular formula is C14H27N3. The maximum atomic E-state index is 6.25. The van der Waals surface area contributed by atoms with Gasteiger partial charge in [0.05, 0.1) is 5.69 Å². The summed E-state index contributed by atoms with van der Waals surface area (Å²) in [6, 6.07) is 0. The standard InChI is InChI=1S/C14H27N3/c1-5-8-10-17-12(7-3)16-13(14(17)15)11(4)9-6-2/h11H,5-10,15H2,1-4H3. The van der Waals surface area contributed by atoms with Gasteiger partial charge < -0.3 is 10.3 Å². The third-order valence-corrected chi connectivity index (χ3v) is 3.35. The summed E-state index contributed by atoms with van der Waals surface area (Å²) < 4.78 is 2.21. The number of aromatic nitrogens is 2. The normalized spacial score (nSPS) is 12.9. The van der Waals surface area contributed by atoms with Crippen LogP contribution in [0.5, 0.6) is 0 Å². The first-order chi connectivity index (χ1) is 8.15. The van der Waals surface area contributed by atoms with Gasteiger partial charge in [-0.25, -0.2) is 4.98 Å². The van der Waals surface area contributed by atoms with Gasteiger partial charge in [-0.15, -0.1) is 0 Å². The lowest BCUT2D eigenvalue weighted by Crippen LogP contribution is -2.07. The van der Waals surface area contributed by atoms with E-state index >= 15 is 0 Å². The minimum atomic E-state index is 0.480. The maximum absolute atomic E-state index is 6.25. The molecule has 0 radical (unpaired) electrons. The van der Waals surface area contributed by atoms with Gasteiger partial charge in [0.2, 0.25) is 0 Å². The fraction of sp³-hybridized carbons (Fsp3) is 0.786. The number of imidazole rings is 1. The summed E-state index contributed by atoms with van der Waals surface area (Å²) in [7, 11) is 0. The van der Waals surface area contributed by atoms with Gasteiger partial charge in [0.1, 0.15) is 11.6 Å². The molecule has 2 N–H and O–H groups in total. The highest BCUT2D eigenvalue weighted by Gasteiger charge is 2.17. The van der Waals surface area contributed by atoms with E-state index in [9.17, 15) is 0 Å². The number of hydrogen-bond donors (Lipinski definition) is 1. The number of nitrogens with zero attached hydrogens (tertiary/aromatic N) is 2. The molecule has 0 fully saturated rings. The average molecular weight is 237 g/mol. The molecule has 1 rings (SSSR count). The maximum Gasteiger partial charge on any atom is 0.127 e. The van der Waals surface area contributed by atoms with Gasteiger partial charge in [0.25, 0.3) is 0 Å².